The van der Waals surface area contributed by atoms with E-state index >= 15 is 0 Å². The summed E-state index contributed by atoms with van der Waals surface area (Å²) in [7, 11) is 0. The van der Waals surface area contributed by atoms with Crippen molar-refractivity contribution in [2.45, 2.75) is 18.4 Å². The second-order valence-electron chi connectivity index (χ2n) is 5.16. The predicted molar refractivity (Wildman–Crippen MR) is 81.5 cm³/mol. The van der Waals surface area contributed by atoms with Crippen LogP contribution < -0.4 is 5.73 Å². The second kappa shape index (κ2) is 5.87. The first-order valence-corrected chi connectivity index (χ1v) is 7.79. The summed E-state index contributed by atoms with van der Waals surface area (Å²) in [6.07, 6.45) is 1.24. The van der Waals surface area contributed by atoms with Gasteiger partial charge in [0.1, 0.15) is 0 Å². The zero-order valence-electron chi connectivity index (χ0n) is 11.0. The molecule has 0 amide bonds. The van der Waals surface area contributed by atoms with Gasteiger partial charge < -0.3 is 5.73 Å². The Bertz CT molecular complexity index is 495. The van der Waals surface area contributed by atoms with Gasteiger partial charge in [0.15, 0.2) is 0 Å². The van der Waals surface area contributed by atoms with Gasteiger partial charge in [0.25, 0.3) is 0 Å². The van der Waals surface area contributed by atoms with Crippen LogP contribution in [0.25, 0.3) is 0 Å². The maximum Gasteiger partial charge on any atom is 0.0564 e. The molecular weight excluding hydrogens is 252 g/mol. The molecule has 3 rings (SSSR count). The van der Waals surface area contributed by atoms with Gasteiger partial charge in [-0.2, -0.15) is 0 Å². The summed E-state index contributed by atoms with van der Waals surface area (Å²) >= 11 is 1.82. The Labute approximate surface area is 118 Å². The number of hydrogen-bond donors (Lipinski definition) is 1. The van der Waals surface area contributed by atoms with Gasteiger partial charge in [-0.1, -0.05) is 36.4 Å². The Morgan fingerprint density at radius 2 is 2.05 bits per heavy atom. The number of benzene rings is 1. The highest BCUT2D eigenvalue weighted by Crippen LogP contribution is 2.33. The maximum absolute atomic E-state index is 5.99. The Balaban J connectivity index is 1.71. The van der Waals surface area contributed by atoms with Crippen LogP contribution in [0.3, 0.4) is 0 Å². The molecule has 3 heteroatoms. The van der Waals surface area contributed by atoms with E-state index < -0.39 is 0 Å². The van der Waals surface area contributed by atoms with Crippen molar-refractivity contribution in [2.24, 2.45) is 5.73 Å². The van der Waals surface area contributed by atoms with Gasteiger partial charge in [-0.3, -0.25) is 4.90 Å². The summed E-state index contributed by atoms with van der Waals surface area (Å²) in [5, 5.41) is 2.14. The highest BCUT2D eigenvalue weighted by molar-refractivity contribution is 7.10. The Morgan fingerprint density at radius 3 is 2.74 bits per heavy atom. The van der Waals surface area contributed by atoms with Crippen LogP contribution in [0.1, 0.15) is 28.8 Å². The molecular formula is C16H20N2S. The van der Waals surface area contributed by atoms with Crippen molar-refractivity contribution >= 4 is 11.3 Å². The van der Waals surface area contributed by atoms with Crippen LogP contribution in [0, 0.1) is 0 Å². The van der Waals surface area contributed by atoms with E-state index in [2.05, 4.69) is 52.7 Å². The fourth-order valence-electron chi connectivity index (χ4n) is 2.99. The summed E-state index contributed by atoms with van der Waals surface area (Å²) in [5.41, 5.74) is 7.46. The average molecular weight is 272 g/mol. The minimum absolute atomic E-state index is 0.397. The van der Waals surface area contributed by atoms with E-state index in [1.165, 1.54) is 16.9 Å². The molecule has 2 unspecified atom stereocenters. The fourth-order valence-corrected chi connectivity index (χ4v) is 3.87. The third kappa shape index (κ3) is 2.73. The minimum Gasteiger partial charge on any atom is -0.329 e. The molecule has 1 fully saturated rings. The zero-order valence-corrected chi connectivity index (χ0v) is 11.9. The van der Waals surface area contributed by atoms with Gasteiger partial charge in [-0.05, 0) is 35.9 Å². The summed E-state index contributed by atoms with van der Waals surface area (Å²) in [4.78, 5) is 3.94. The van der Waals surface area contributed by atoms with Gasteiger partial charge in [-0.15, -0.1) is 11.3 Å². The smallest absolute Gasteiger partial charge is 0.0564 e. The molecule has 1 aliphatic rings. The van der Waals surface area contributed by atoms with Crippen LogP contribution in [0.5, 0.6) is 0 Å². The Hall–Kier alpha value is -1.16. The molecule has 0 radical (unpaired) electrons. The third-order valence-electron chi connectivity index (χ3n) is 4.03. The monoisotopic (exact) mass is 272 g/mol. The molecule has 1 saturated heterocycles. The summed E-state index contributed by atoms with van der Waals surface area (Å²) in [5.74, 6) is 0.662. The molecule has 2 atom stereocenters. The number of nitrogens with two attached hydrogens (primary N) is 1. The minimum atomic E-state index is 0.397. The molecule has 0 saturated carbocycles. The predicted octanol–water partition coefficient (Wildman–Crippen LogP) is 3.24. The summed E-state index contributed by atoms with van der Waals surface area (Å²) in [6.45, 7) is 2.99. The van der Waals surface area contributed by atoms with Crippen molar-refractivity contribution < 1.29 is 0 Å². The standard InChI is InChI=1S/C16H20N2S/c17-11-15(16-7-4-10-19-16)18-9-8-14(12-18)13-5-2-1-3-6-13/h1-7,10,14-15H,8-9,11-12,17H2. The van der Waals surface area contributed by atoms with Crippen molar-refractivity contribution in [1.29, 1.82) is 0 Å². The van der Waals surface area contributed by atoms with Crippen LogP contribution in [-0.4, -0.2) is 24.5 Å². The van der Waals surface area contributed by atoms with Gasteiger partial charge in [0.05, 0.1) is 6.04 Å². The fraction of sp³-hybridized carbons (Fsp3) is 0.375. The molecule has 0 aliphatic carbocycles. The molecule has 1 aromatic heterocycles. The van der Waals surface area contributed by atoms with E-state index in [9.17, 15) is 0 Å². The molecule has 19 heavy (non-hydrogen) atoms. The van der Waals surface area contributed by atoms with Gasteiger partial charge >= 0.3 is 0 Å². The molecule has 2 heterocycles. The average Bonchev–Trinajstić information content (AvgIpc) is 3.12. The van der Waals surface area contributed by atoms with Crippen LogP contribution in [0.15, 0.2) is 47.8 Å². The lowest BCUT2D eigenvalue weighted by Crippen LogP contribution is -2.31. The first kappa shape index (κ1) is 12.9. The van der Waals surface area contributed by atoms with Crippen molar-refractivity contribution in [2.75, 3.05) is 19.6 Å². The van der Waals surface area contributed by atoms with E-state index in [1.54, 1.807) is 0 Å². The van der Waals surface area contributed by atoms with Crippen LogP contribution in [0.2, 0.25) is 0 Å². The highest BCUT2D eigenvalue weighted by atomic mass is 32.1. The third-order valence-corrected chi connectivity index (χ3v) is 5.00. The molecule has 2 N–H and O–H groups in total. The lowest BCUT2D eigenvalue weighted by atomic mass is 9.99. The van der Waals surface area contributed by atoms with Gasteiger partial charge in [-0.25, -0.2) is 0 Å². The number of likely N-dealkylation sites (tertiary alicyclic amines) is 1. The zero-order chi connectivity index (χ0) is 13.1. The first-order chi connectivity index (χ1) is 9.38. The van der Waals surface area contributed by atoms with Crippen LogP contribution >= 0.6 is 11.3 Å². The van der Waals surface area contributed by atoms with E-state index in [1.807, 2.05) is 11.3 Å². The number of thiophene rings is 1. The topological polar surface area (TPSA) is 29.3 Å². The number of nitrogens with zero attached hydrogens (tertiary/aromatic N) is 1. The second-order valence-corrected chi connectivity index (χ2v) is 6.14. The van der Waals surface area contributed by atoms with Crippen molar-refractivity contribution in [3.63, 3.8) is 0 Å². The normalized spacial score (nSPS) is 21.6. The van der Waals surface area contributed by atoms with Crippen molar-refractivity contribution in [3.8, 4) is 0 Å². The molecule has 1 aliphatic heterocycles. The van der Waals surface area contributed by atoms with Crippen molar-refractivity contribution in [3.05, 3.63) is 58.3 Å². The summed E-state index contributed by atoms with van der Waals surface area (Å²) < 4.78 is 0. The van der Waals surface area contributed by atoms with E-state index in [-0.39, 0.29) is 0 Å². The van der Waals surface area contributed by atoms with Crippen molar-refractivity contribution in [1.82, 2.24) is 4.90 Å². The molecule has 0 spiro atoms. The molecule has 2 aromatic rings. The van der Waals surface area contributed by atoms with E-state index in [0.717, 1.165) is 13.1 Å². The Kier molecular flexibility index (Phi) is 3.97. The molecule has 2 nitrogen and oxygen atoms in total. The highest BCUT2D eigenvalue weighted by Gasteiger charge is 2.29. The number of rotatable bonds is 4. The van der Waals surface area contributed by atoms with E-state index in [4.69, 9.17) is 5.73 Å². The quantitative estimate of drug-likeness (QED) is 0.926. The van der Waals surface area contributed by atoms with Gasteiger partial charge in [0.2, 0.25) is 0 Å². The largest absolute Gasteiger partial charge is 0.329 e. The van der Waals surface area contributed by atoms with Gasteiger partial charge in [0, 0.05) is 18.0 Å². The van der Waals surface area contributed by atoms with Crippen LogP contribution in [0.4, 0.5) is 0 Å². The SMILES string of the molecule is NCC(c1cccs1)N1CCC(c2ccccc2)C1. The summed E-state index contributed by atoms with van der Waals surface area (Å²) in [6, 6.07) is 15.6. The number of hydrogen-bond acceptors (Lipinski definition) is 3. The first-order valence-electron chi connectivity index (χ1n) is 6.91. The Morgan fingerprint density at radius 1 is 1.21 bits per heavy atom. The van der Waals surface area contributed by atoms with E-state index in [0.29, 0.717) is 18.5 Å². The lowest BCUT2D eigenvalue weighted by molar-refractivity contribution is 0.251. The molecule has 100 valence electrons. The lowest BCUT2D eigenvalue weighted by Gasteiger charge is -2.25. The molecule has 1 aromatic carbocycles. The maximum atomic E-state index is 5.99. The molecule has 0 bridgehead atoms. The van der Waals surface area contributed by atoms with Crippen LogP contribution in [-0.2, 0) is 0 Å².